The summed E-state index contributed by atoms with van der Waals surface area (Å²) in [5, 5.41) is 4.30. The average molecular weight is 311 g/mol. The van der Waals surface area contributed by atoms with Gasteiger partial charge in [0.2, 0.25) is 5.91 Å². The molecule has 1 N–H and O–H groups in total. The molecule has 1 aromatic heterocycles. The van der Waals surface area contributed by atoms with Crippen molar-refractivity contribution in [1.82, 2.24) is 15.2 Å². The van der Waals surface area contributed by atoms with Crippen LogP contribution < -0.4 is 5.32 Å². The maximum atomic E-state index is 11.4. The summed E-state index contributed by atoms with van der Waals surface area (Å²) in [5.41, 5.74) is 2.15. The fraction of sp³-hybridized carbons (Fsp3) is 0.474. The first kappa shape index (κ1) is 15.9. The van der Waals surface area contributed by atoms with Gasteiger partial charge in [0.05, 0.1) is 11.2 Å². The van der Waals surface area contributed by atoms with Crippen molar-refractivity contribution in [3.8, 4) is 0 Å². The Morgan fingerprint density at radius 3 is 2.87 bits per heavy atom. The molecular weight excluding hydrogens is 286 g/mol. The van der Waals surface area contributed by atoms with Crippen LogP contribution in [0.2, 0.25) is 0 Å². The summed E-state index contributed by atoms with van der Waals surface area (Å²) in [6.07, 6.45) is 2.31. The van der Waals surface area contributed by atoms with Crippen LogP contribution in [0.15, 0.2) is 36.4 Å². The number of carbonyl (C=O) groups is 1. The molecule has 1 amide bonds. The van der Waals surface area contributed by atoms with E-state index >= 15 is 0 Å². The van der Waals surface area contributed by atoms with Crippen molar-refractivity contribution in [3.05, 3.63) is 42.1 Å². The third-order valence-corrected chi connectivity index (χ3v) is 4.61. The number of benzene rings is 1. The molecule has 1 aliphatic rings. The van der Waals surface area contributed by atoms with Crippen LogP contribution in [0.4, 0.5) is 0 Å². The lowest BCUT2D eigenvalue weighted by molar-refractivity contribution is -0.119. The first-order chi connectivity index (χ1) is 11.2. The average Bonchev–Trinajstić information content (AvgIpc) is 2.88. The molecule has 0 saturated carbocycles. The molecule has 1 aromatic carbocycles. The lowest BCUT2D eigenvalue weighted by atomic mass is 9.98. The van der Waals surface area contributed by atoms with Gasteiger partial charge in [-0.05, 0) is 24.5 Å². The Morgan fingerprint density at radius 1 is 1.26 bits per heavy atom. The van der Waals surface area contributed by atoms with E-state index in [0.717, 1.165) is 43.7 Å². The van der Waals surface area contributed by atoms with Crippen LogP contribution >= 0.6 is 0 Å². The number of carbonyl (C=O) groups excluding carboxylic acids is 1. The van der Waals surface area contributed by atoms with Crippen LogP contribution in [0.25, 0.3) is 10.9 Å². The highest BCUT2D eigenvalue weighted by Gasteiger charge is 2.32. The molecule has 0 aliphatic carbocycles. The summed E-state index contributed by atoms with van der Waals surface area (Å²) in [6.45, 7) is 6.61. The van der Waals surface area contributed by atoms with Gasteiger partial charge < -0.3 is 5.32 Å². The Balaban J connectivity index is 1.70. The van der Waals surface area contributed by atoms with Crippen LogP contribution in [0.1, 0.15) is 32.4 Å². The predicted octanol–water partition coefficient (Wildman–Crippen LogP) is 2.97. The molecule has 2 aromatic rings. The van der Waals surface area contributed by atoms with Crippen LogP contribution in [-0.4, -0.2) is 34.9 Å². The van der Waals surface area contributed by atoms with Crippen LogP contribution in [0.3, 0.4) is 0 Å². The number of para-hydroxylation sites is 1. The number of rotatable bonds is 5. The zero-order chi connectivity index (χ0) is 16.2. The summed E-state index contributed by atoms with van der Waals surface area (Å²) in [4.78, 5) is 18.6. The number of hydrogen-bond acceptors (Lipinski definition) is 3. The molecule has 1 fully saturated rings. The van der Waals surface area contributed by atoms with Gasteiger partial charge in [-0.3, -0.25) is 14.7 Å². The number of fused-ring (bicyclic) bond motifs is 1. The molecule has 2 atom stereocenters. The zero-order valence-electron chi connectivity index (χ0n) is 14.0. The molecule has 2 heterocycles. The molecule has 0 bridgehead atoms. The van der Waals surface area contributed by atoms with Crippen LogP contribution in [0, 0.1) is 5.92 Å². The maximum absolute atomic E-state index is 11.4. The molecule has 23 heavy (non-hydrogen) atoms. The molecule has 1 aliphatic heterocycles. The van der Waals surface area contributed by atoms with Crippen molar-refractivity contribution in [3.63, 3.8) is 0 Å². The van der Waals surface area contributed by atoms with Gasteiger partial charge >= 0.3 is 0 Å². The van der Waals surface area contributed by atoms with Crippen molar-refractivity contribution >= 4 is 16.8 Å². The standard InChI is InChI=1S/C19H25N3O/c1-3-6-16-11-22(13-19(16)20-14(2)23)12-17-10-9-15-7-4-5-8-18(15)21-17/h4-5,7-10,16,19H,3,6,11-13H2,1-2H3,(H,20,23)/t16-,19-/m1/s1. The smallest absolute Gasteiger partial charge is 0.217 e. The van der Waals surface area contributed by atoms with Crippen molar-refractivity contribution in [1.29, 1.82) is 0 Å². The van der Waals surface area contributed by atoms with Crippen LogP contribution in [-0.2, 0) is 11.3 Å². The molecule has 4 heteroatoms. The first-order valence-electron chi connectivity index (χ1n) is 8.50. The van der Waals surface area contributed by atoms with Crippen molar-refractivity contribution < 1.29 is 4.79 Å². The van der Waals surface area contributed by atoms with Gasteiger partial charge in [-0.25, -0.2) is 0 Å². The van der Waals surface area contributed by atoms with Crippen LogP contribution in [0.5, 0.6) is 0 Å². The number of aromatic nitrogens is 1. The number of nitrogens with zero attached hydrogens (tertiary/aromatic N) is 2. The minimum absolute atomic E-state index is 0.0711. The van der Waals surface area contributed by atoms with Gasteiger partial charge in [-0.2, -0.15) is 0 Å². The van der Waals surface area contributed by atoms with E-state index in [-0.39, 0.29) is 11.9 Å². The minimum atomic E-state index is 0.0711. The fourth-order valence-electron chi connectivity index (χ4n) is 3.60. The molecule has 0 unspecified atom stereocenters. The second-order valence-corrected chi connectivity index (χ2v) is 6.55. The number of hydrogen-bond donors (Lipinski definition) is 1. The number of nitrogens with one attached hydrogen (secondary N) is 1. The Morgan fingerprint density at radius 2 is 2.09 bits per heavy atom. The minimum Gasteiger partial charge on any atom is -0.352 e. The Hall–Kier alpha value is -1.94. The first-order valence-corrected chi connectivity index (χ1v) is 8.50. The molecular formula is C19H25N3O. The molecule has 4 nitrogen and oxygen atoms in total. The quantitative estimate of drug-likeness (QED) is 0.923. The lowest BCUT2D eigenvalue weighted by Crippen LogP contribution is -2.39. The number of likely N-dealkylation sites (tertiary alicyclic amines) is 1. The maximum Gasteiger partial charge on any atom is 0.217 e. The third kappa shape index (κ3) is 3.88. The summed E-state index contributed by atoms with van der Waals surface area (Å²) < 4.78 is 0. The van der Waals surface area contributed by atoms with Gasteiger partial charge in [-0.15, -0.1) is 0 Å². The van der Waals surface area contributed by atoms with Gasteiger partial charge in [-0.1, -0.05) is 37.6 Å². The topological polar surface area (TPSA) is 45.2 Å². The lowest BCUT2D eigenvalue weighted by Gasteiger charge is -2.18. The largest absolute Gasteiger partial charge is 0.352 e. The van der Waals surface area contributed by atoms with E-state index in [2.05, 4.69) is 41.4 Å². The summed E-state index contributed by atoms with van der Waals surface area (Å²) in [5.74, 6) is 0.617. The zero-order valence-corrected chi connectivity index (χ0v) is 14.0. The number of pyridine rings is 1. The molecule has 1 saturated heterocycles. The van der Waals surface area contributed by atoms with E-state index < -0.39 is 0 Å². The Kier molecular flexibility index (Phi) is 4.91. The van der Waals surface area contributed by atoms with Crippen molar-refractivity contribution in [2.24, 2.45) is 5.92 Å². The van der Waals surface area contributed by atoms with Crippen molar-refractivity contribution in [2.45, 2.75) is 39.3 Å². The van der Waals surface area contributed by atoms with Gasteiger partial charge in [0.25, 0.3) is 0 Å². The second kappa shape index (κ2) is 7.09. The SMILES string of the molecule is CCC[C@@H]1CN(Cc2ccc3ccccc3n2)C[C@H]1NC(C)=O. The van der Waals surface area contributed by atoms with E-state index in [9.17, 15) is 4.79 Å². The number of amides is 1. The highest BCUT2D eigenvalue weighted by atomic mass is 16.1. The summed E-state index contributed by atoms with van der Waals surface area (Å²) in [7, 11) is 0. The molecule has 0 spiro atoms. The predicted molar refractivity (Wildman–Crippen MR) is 93.0 cm³/mol. The summed E-state index contributed by atoms with van der Waals surface area (Å²) in [6, 6.07) is 12.7. The Bertz CT molecular complexity index is 685. The molecule has 3 rings (SSSR count). The third-order valence-electron chi connectivity index (χ3n) is 4.61. The second-order valence-electron chi connectivity index (χ2n) is 6.55. The normalized spacial score (nSPS) is 21.7. The fourth-order valence-corrected chi connectivity index (χ4v) is 3.60. The Labute approximate surface area is 137 Å². The van der Waals surface area contributed by atoms with E-state index in [1.807, 2.05) is 12.1 Å². The van der Waals surface area contributed by atoms with Gasteiger partial charge in [0.1, 0.15) is 0 Å². The highest BCUT2D eigenvalue weighted by molar-refractivity contribution is 5.78. The molecule has 122 valence electrons. The van der Waals surface area contributed by atoms with E-state index in [4.69, 9.17) is 4.98 Å². The van der Waals surface area contributed by atoms with E-state index in [1.54, 1.807) is 6.92 Å². The van der Waals surface area contributed by atoms with Gasteiger partial charge in [0, 0.05) is 38.0 Å². The highest BCUT2D eigenvalue weighted by Crippen LogP contribution is 2.23. The van der Waals surface area contributed by atoms with E-state index in [0.29, 0.717) is 5.92 Å². The molecule has 0 radical (unpaired) electrons. The summed E-state index contributed by atoms with van der Waals surface area (Å²) >= 11 is 0. The van der Waals surface area contributed by atoms with E-state index in [1.165, 1.54) is 5.39 Å². The van der Waals surface area contributed by atoms with Crippen molar-refractivity contribution in [2.75, 3.05) is 13.1 Å². The van der Waals surface area contributed by atoms with Gasteiger partial charge in [0.15, 0.2) is 0 Å². The monoisotopic (exact) mass is 311 g/mol.